The van der Waals surface area contributed by atoms with Gasteiger partial charge in [-0.1, -0.05) is 12.1 Å². The van der Waals surface area contributed by atoms with Crippen molar-refractivity contribution in [1.29, 1.82) is 0 Å². The number of Topliss-reactive ketones (excluding diaryl/α,β-unsaturated/α-hetero) is 1. The van der Waals surface area contributed by atoms with Gasteiger partial charge in [0.05, 0.1) is 35.5 Å². The Labute approximate surface area is 193 Å². The van der Waals surface area contributed by atoms with E-state index in [2.05, 4.69) is 5.10 Å². The summed E-state index contributed by atoms with van der Waals surface area (Å²) in [5.41, 5.74) is 2.68. The molecule has 176 valence electrons. The Hall–Kier alpha value is -3.46. The van der Waals surface area contributed by atoms with Crippen molar-refractivity contribution in [2.75, 3.05) is 34.3 Å². The number of hydrogen-bond donors (Lipinski definition) is 1. The zero-order chi connectivity index (χ0) is 24.4. The Morgan fingerprint density at radius 3 is 2.33 bits per heavy atom. The summed E-state index contributed by atoms with van der Waals surface area (Å²) in [6.07, 6.45) is 0.655. The highest BCUT2D eigenvalue weighted by Crippen LogP contribution is 2.40. The first kappa shape index (κ1) is 24.2. The number of esters is 1. The average molecular weight is 455 g/mol. The molecule has 33 heavy (non-hydrogen) atoms. The fourth-order valence-corrected chi connectivity index (χ4v) is 4.18. The van der Waals surface area contributed by atoms with Gasteiger partial charge in [-0.25, -0.2) is 4.79 Å². The van der Waals surface area contributed by atoms with Crippen molar-refractivity contribution in [3.8, 4) is 0 Å². The highest BCUT2D eigenvalue weighted by Gasteiger charge is 2.46. The quantitative estimate of drug-likeness (QED) is 0.296. The Balaban J connectivity index is 2.14. The molecule has 1 saturated heterocycles. The SMILES string of the molecule is COC(=O)c1ccc([C@H]2C(=C(O)c3c(C)nn(C)c3C)C(=O)C(=O)N2CCCN(C)C)cc1. The minimum Gasteiger partial charge on any atom is -0.507 e. The third kappa shape index (κ3) is 4.54. The molecule has 0 aliphatic carbocycles. The van der Waals surface area contributed by atoms with E-state index in [1.54, 1.807) is 49.8 Å². The summed E-state index contributed by atoms with van der Waals surface area (Å²) in [4.78, 5) is 41.5. The van der Waals surface area contributed by atoms with Gasteiger partial charge in [-0.3, -0.25) is 14.3 Å². The second kappa shape index (κ2) is 9.58. The number of rotatable bonds is 7. The van der Waals surface area contributed by atoms with Crippen molar-refractivity contribution in [2.45, 2.75) is 26.3 Å². The van der Waals surface area contributed by atoms with E-state index in [0.29, 0.717) is 41.0 Å². The summed E-state index contributed by atoms with van der Waals surface area (Å²) in [6, 6.07) is 5.75. The molecule has 0 spiro atoms. The van der Waals surface area contributed by atoms with Crippen molar-refractivity contribution in [1.82, 2.24) is 19.6 Å². The number of likely N-dealkylation sites (tertiary alicyclic amines) is 1. The molecule has 1 aliphatic rings. The predicted octanol–water partition coefficient (Wildman–Crippen LogP) is 2.20. The van der Waals surface area contributed by atoms with Crippen LogP contribution in [0.3, 0.4) is 0 Å². The van der Waals surface area contributed by atoms with E-state index in [1.165, 1.54) is 12.0 Å². The largest absolute Gasteiger partial charge is 0.507 e. The van der Waals surface area contributed by atoms with Gasteiger partial charge in [-0.2, -0.15) is 5.10 Å². The molecule has 2 aromatic rings. The summed E-state index contributed by atoms with van der Waals surface area (Å²) < 4.78 is 6.38. The molecular formula is C24H30N4O5. The molecular weight excluding hydrogens is 424 g/mol. The molecule has 0 unspecified atom stereocenters. The lowest BCUT2D eigenvalue weighted by molar-refractivity contribution is -0.139. The lowest BCUT2D eigenvalue weighted by atomic mass is 9.94. The van der Waals surface area contributed by atoms with E-state index in [1.807, 2.05) is 19.0 Å². The zero-order valence-corrected chi connectivity index (χ0v) is 19.9. The summed E-state index contributed by atoms with van der Waals surface area (Å²) in [6.45, 7) is 4.61. The van der Waals surface area contributed by atoms with Crippen molar-refractivity contribution in [2.24, 2.45) is 7.05 Å². The van der Waals surface area contributed by atoms with Crippen molar-refractivity contribution in [3.05, 3.63) is 57.9 Å². The zero-order valence-electron chi connectivity index (χ0n) is 19.9. The molecule has 0 saturated carbocycles. The third-order valence-corrected chi connectivity index (χ3v) is 5.94. The fourth-order valence-electron chi connectivity index (χ4n) is 4.18. The standard InChI is InChI=1S/C24H30N4O5/c1-14-18(15(2)27(5)25-14)21(29)19-20(16-8-10-17(11-9-16)24(32)33-6)28(23(31)22(19)30)13-7-12-26(3)4/h8-11,20,29H,7,12-13H2,1-6H3/t20-/m0/s1. The predicted molar refractivity (Wildman–Crippen MR) is 123 cm³/mol. The van der Waals surface area contributed by atoms with E-state index < -0.39 is 23.7 Å². The van der Waals surface area contributed by atoms with Gasteiger partial charge >= 0.3 is 5.97 Å². The minimum absolute atomic E-state index is 0.0230. The fraction of sp³-hybridized carbons (Fsp3) is 0.417. The van der Waals surface area contributed by atoms with Crippen LogP contribution in [0.25, 0.3) is 5.76 Å². The molecule has 1 aromatic carbocycles. The molecule has 9 nitrogen and oxygen atoms in total. The number of carbonyl (C=O) groups is 3. The first-order chi connectivity index (χ1) is 15.6. The molecule has 1 atom stereocenters. The van der Waals surface area contributed by atoms with Crippen LogP contribution in [0.2, 0.25) is 0 Å². The number of aromatic nitrogens is 2. The van der Waals surface area contributed by atoms with E-state index in [9.17, 15) is 19.5 Å². The third-order valence-electron chi connectivity index (χ3n) is 5.94. The van der Waals surface area contributed by atoms with Crippen LogP contribution in [-0.4, -0.2) is 76.6 Å². The van der Waals surface area contributed by atoms with Gasteiger partial charge in [0.2, 0.25) is 0 Å². The van der Waals surface area contributed by atoms with Crippen LogP contribution >= 0.6 is 0 Å². The number of amides is 1. The monoisotopic (exact) mass is 454 g/mol. The molecule has 9 heteroatoms. The molecule has 2 heterocycles. The van der Waals surface area contributed by atoms with Gasteiger partial charge in [-0.05, 0) is 58.6 Å². The van der Waals surface area contributed by atoms with E-state index in [-0.39, 0.29) is 11.3 Å². The van der Waals surface area contributed by atoms with Crippen LogP contribution in [0, 0.1) is 13.8 Å². The number of aryl methyl sites for hydroxylation is 2. The van der Waals surface area contributed by atoms with Crippen molar-refractivity contribution < 1.29 is 24.2 Å². The van der Waals surface area contributed by atoms with Gasteiger partial charge in [-0.15, -0.1) is 0 Å². The number of ketones is 1. The first-order valence-corrected chi connectivity index (χ1v) is 10.7. The topological polar surface area (TPSA) is 105 Å². The smallest absolute Gasteiger partial charge is 0.337 e. The number of hydrogen-bond acceptors (Lipinski definition) is 7. The Morgan fingerprint density at radius 1 is 1.18 bits per heavy atom. The number of aliphatic hydroxyl groups is 1. The number of benzene rings is 1. The van der Waals surface area contributed by atoms with Gasteiger partial charge in [0.1, 0.15) is 5.76 Å². The Kier molecular flexibility index (Phi) is 7.02. The van der Waals surface area contributed by atoms with E-state index >= 15 is 0 Å². The molecule has 0 radical (unpaired) electrons. The average Bonchev–Trinajstić information content (AvgIpc) is 3.18. The second-order valence-electron chi connectivity index (χ2n) is 8.43. The number of aliphatic hydroxyl groups excluding tert-OH is 1. The van der Waals surface area contributed by atoms with E-state index in [0.717, 1.165) is 6.54 Å². The molecule has 1 N–H and O–H groups in total. The van der Waals surface area contributed by atoms with E-state index in [4.69, 9.17) is 4.74 Å². The normalized spacial score (nSPS) is 17.8. The maximum absolute atomic E-state index is 13.1. The molecule has 0 bridgehead atoms. The Morgan fingerprint density at radius 2 is 1.82 bits per heavy atom. The van der Waals surface area contributed by atoms with Gasteiger partial charge in [0, 0.05) is 19.3 Å². The maximum Gasteiger partial charge on any atom is 0.337 e. The highest BCUT2D eigenvalue weighted by atomic mass is 16.5. The second-order valence-corrected chi connectivity index (χ2v) is 8.43. The van der Waals surface area contributed by atoms with Crippen molar-refractivity contribution in [3.63, 3.8) is 0 Å². The molecule has 3 rings (SSSR count). The van der Waals surface area contributed by atoms with Crippen molar-refractivity contribution >= 4 is 23.4 Å². The van der Waals surface area contributed by atoms with Gasteiger partial charge in [0.15, 0.2) is 0 Å². The summed E-state index contributed by atoms with van der Waals surface area (Å²) in [5, 5.41) is 15.6. The lowest BCUT2D eigenvalue weighted by Gasteiger charge is -2.26. The van der Waals surface area contributed by atoms with Crippen LogP contribution in [0.4, 0.5) is 0 Å². The number of ether oxygens (including phenoxy) is 1. The van der Waals surface area contributed by atoms with Crippen LogP contribution in [0.5, 0.6) is 0 Å². The van der Waals surface area contributed by atoms with Crippen LogP contribution in [0.1, 0.15) is 45.3 Å². The van der Waals surface area contributed by atoms with Crippen LogP contribution in [-0.2, 0) is 21.4 Å². The van der Waals surface area contributed by atoms with Gasteiger partial charge in [0.25, 0.3) is 11.7 Å². The first-order valence-electron chi connectivity index (χ1n) is 10.7. The number of methoxy groups -OCH3 is 1. The summed E-state index contributed by atoms with van der Waals surface area (Å²) in [5.74, 6) is -2.12. The molecule has 1 aromatic heterocycles. The number of nitrogens with zero attached hydrogens (tertiary/aromatic N) is 4. The van der Waals surface area contributed by atoms with Gasteiger partial charge < -0.3 is 19.6 Å². The Bertz CT molecular complexity index is 1110. The van der Waals surface area contributed by atoms with Crippen LogP contribution < -0.4 is 0 Å². The number of carbonyl (C=O) groups excluding carboxylic acids is 3. The van der Waals surface area contributed by atoms with Crippen LogP contribution in [0.15, 0.2) is 29.8 Å². The minimum atomic E-state index is -0.780. The highest BCUT2D eigenvalue weighted by molar-refractivity contribution is 6.46. The summed E-state index contributed by atoms with van der Waals surface area (Å²) >= 11 is 0. The molecule has 1 fully saturated rings. The molecule has 1 aliphatic heterocycles. The maximum atomic E-state index is 13.1. The summed E-state index contributed by atoms with van der Waals surface area (Å²) in [7, 11) is 6.92. The molecule has 1 amide bonds. The lowest BCUT2D eigenvalue weighted by Crippen LogP contribution is -2.32.